The van der Waals surface area contributed by atoms with Gasteiger partial charge in [0.15, 0.2) is 0 Å². The van der Waals surface area contributed by atoms with E-state index in [1.165, 1.54) is 11.1 Å². The van der Waals surface area contributed by atoms with Gasteiger partial charge in [-0.25, -0.2) is 9.97 Å². The molecule has 1 aliphatic heterocycles. The molecule has 0 unspecified atom stereocenters. The van der Waals surface area contributed by atoms with Crippen LogP contribution in [0.5, 0.6) is 0 Å². The summed E-state index contributed by atoms with van der Waals surface area (Å²) in [5.41, 5.74) is 6.73. The van der Waals surface area contributed by atoms with Gasteiger partial charge in [0, 0.05) is 42.9 Å². The van der Waals surface area contributed by atoms with E-state index in [9.17, 15) is 0 Å². The zero-order valence-electron chi connectivity index (χ0n) is 20.8. The van der Waals surface area contributed by atoms with Gasteiger partial charge in [-0.3, -0.25) is 0 Å². The monoisotopic (exact) mass is 501 g/mol. The lowest BCUT2D eigenvalue weighted by Crippen LogP contribution is -2.43. The number of hydrogen-bond donors (Lipinski definition) is 1. The van der Waals surface area contributed by atoms with Crippen LogP contribution in [-0.2, 0) is 17.6 Å². The summed E-state index contributed by atoms with van der Waals surface area (Å²) in [6.07, 6.45) is 15.3. The molecule has 2 aliphatic rings. The van der Waals surface area contributed by atoms with Crippen molar-refractivity contribution in [3.05, 3.63) is 106 Å². The van der Waals surface area contributed by atoms with E-state index in [0.717, 1.165) is 53.4 Å². The maximum Gasteiger partial charge on any atom is 0.250 e. The lowest BCUT2D eigenvalue weighted by atomic mass is 10.0. The van der Waals surface area contributed by atoms with Crippen molar-refractivity contribution in [3.8, 4) is 5.95 Å². The van der Waals surface area contributed by atoms with Crippen LogP contribution in [0.15, 0.2) is 77.6 Å². The molecule has 5 rings (SSSR count). The molecule has 3 aromatic rings. The summed E-state index contributed by atoms with van der Waals surface area (Å²) < 4.78 is 8.20. The number of allylic oxidation sites excluding steroid dienone is 6. The van der Waals surface area contributed by atoms with E-state index in [1.54, 1.807) is 0 Å². The van der Waals surface area contributed by atoms with Gasteiger partial charge in [-0.15, -0.1) is 0 Å². The molecule has 2 aromatic heterocycles. The number of morpholine rings is 1. The van der Waals surface area contributed by atoms with Gasteiger partial charge in [0.2, 0.25) is 0 Å². The second-order valence-electron chi connectivity index (χ2n) is 9.62. The van der Waals surface area contributed by atoms with Gasteiger partial charge >= 0.3 is 0 Å². The summed E-state index contributed by atoms with van der Waals surface area (Å²) in [7, 11) is 0. The van der Waals surface area contributed by atoms with Crippen LogP contribution in [0.25, 0.3) is 5.95 Å². The predicted octanol–water partition coefficient (Wildman–Crippen LogP) is 5.49. The number of benzene rings is 1. The Balaban J connectivity index is 1.30. The number of nitrogens with zero attached hydrogens (tertiary/aromatic N) is 4. The normalized spacial score (nSPS) is 20.1. The highest BCUT2D eigenvalue weighted by Gasteiger charge is 2.27. The molecule has 1 aliphatic carbocycles. The minimum Gasteiger partial charge on any atom is -0.369 e. The SMILES string of the molecule is Cc1ccc(CC[C@H]2CO[C@H](c3cc(CC4=CC=C(Cl)CC=C4)nn3-c3ncc(C)cn3)CN2)cc1. The third kappa shape index (κ3) is 6.19. The topological polar surface area (TPSA) is 64.9 Å². The molecule has 1 aromatic carbocycles. The van der Waals surface area contributed by atoms with Crippen molar-refractivity contribution in [1.29, 1.82) is 0 Å². The standard InChI is InChI=1S/C29H32ClN5O/c1-20-6-8-22(9-7-20)11-13-25-19-36-28(18-31-25)27-15-26(14-23-4-3-5-24(30)12-10-23)34-35(27)29-32-16-21(2)17-33-29/h3-4,6-10,12,15-17,25,28,31H,5,11,13-14,18-19H2,1-2H3/t25-,28-/m0/s1. The smallest absolute Gasteiger partial charge is 0.250 e. The maximum atomic E-state index is 6.37. The Bertz CT molecular complexity index is 1270. The Morgan fingerprint density at radius 1 is 1.08 bits per heavy atom. The van der Waals surface area contributed by atoms with Gasteiger partial charge in [0.1, 0.15) is 6.10 Å². The van der Waals surface area contributed by atoms with E-state index in [0.29, 0.717) is 25.0 Å². The van der Waals surface area contributed by atoms with Crippen LogP contribution in [0.2, 0.25) is 0 Å². The van der Waals surface area contributed by atoms with E-state index in [1.807, 2.05) is 30.1 Å². The third-order valence-electron chi connectivity index (χ3n) is 6.58. The molecule has 1 fully saturated rings. The largest absolute Gasteiger partial charge is 0.369 e. The van der Waals surface area contributed by atoms with Crippen molar-refractivity contribution in [2.45, 2.75) is 51.7 Å². The first-order chi connectivity index (χ1) is 17.5. The van der Waals surface area contributed by atoms with Crippen LogP contribution in [0.4, 0.5) is 0 Å². The highest BCUT2D eigenvalue weighted by Crippen LogP contribution is 2.26. The van der Waals surface area contributed by atoms with Crippen molar-refractivity contribution in [1.82, 2.24) is 25.1 Å². The summed E-state index contributed by atoms with van der Waals surface area (Å²) in [6, 6.07) is 11.2. The molecule has 1 N–H and O–H groups in total. The Kier molecular flexibility index (Phi) is 7.75. The van der Waals surface area contributed by atoms with Crippen LogP contribution in [0.1, 0.15) is 47.0 Å². The second-order valence-corrected chi connectivity index (χ2v) is 10.1. The molecular formula is C29H32ClN5O. The molecule has 36 heavy (non-hydrogen) atoms. The Hall–Kier alpha value is -3.06. The quantitative estimate of drug-likeness (QED) is 0.463. The maximum absolute atomic E-state index is 6.37. The first-order valence-corrected chi connectivity index (χ1v) is 12.9. The zero-order chi connectivity index (χ0) is 24.9. The van der Waals surface area contributed by atoms with Crippen molar-refractivity contribution in [3.63, 3.8) is 0 Å². The summed E-state index contributed by atoms with van der Waals surface area (Å²) in [5, 5.41) is 9.41. The lowest BCUT2D eigenvalue weighted by molar-refractivity contribution is -0.00243. The van der Waals surface area contributed by atoms with Gasteiger partial charge in [0.05, 0.1) is 18.0 Å². The molecule has 6 nitrogen and oxygen atoms in total. The van der Waals surface area contributed by atoms with Crippen LogP contribution in [0.3, 0.4) is 0 Å². The minimum atomic E-state index is -0.125. The highest BCUT2D eigenvalue weighted by atomic mass is 35.5. The molecule has 7 heteroatoms. The van der Waals surface area contributed by atoms with E-state index >= 15 is 0 Å². The molecular weight excluding hydrogens is 470 g/mol. The number of nitrogens with one attached hydrogen (secondary N) is 1. The van der Waals surface area contributed by atoms with Crippen LogP contribution in [-0.4, -0.2) is 38.9 Å². The Labute approximate surface area is 217 Å². The number of ether oxygens (including phenoxy) is 1. The van der Waals surface area contributed by atoms with E-state index in [4.69, 9.17) is 21.4 Å². The summed E-state index contributed by atoms with van der Waals surface area (Å²) in [5.74, 6) is 0.556. The molecule has 0 radical (unpaired) electrons. The molecule has 3 heterocycles. The average Bonchev–Trinajstić information content (AvgIpc) is 3.20. The number of rotatable bonds is 7. The van der Waals surface area contributed by atoms with E-state index in [-0.39, 0.29) is 6.10 Å². The third-order valence-corrected chi connectivity index (χ3v) is 6.86. The Morgan fingerprint density at radius 2 is 1.89 bits per heavy atom. The van der Waals surface area contributed by atoms with Crippen LogP contribution < -0.4 is 5.32 Å². The molecule has 0 spiro atoms. The lowest BCUT2D eigenvalue weighted by Gasteiger charge is -2.30. The number of halogens is 1. The fourth-order valence-electron chi connectivity index (χ4n) is 4.48. The molecule has 0 amide bonds. The fraction of sp³-hybridized carbons (Fsp3) is 0.345. The predicted molar refractivity (Wildman–Crippen MR) is 143 cm³/mol. The minimum absolute atomic E-state index is 0.125. The highest BCUT2D eigenvalue weighted by molar-refractivity contribution is 6.29. The van der Waals surface area contributed by atoms with E-state index < -0.39 is 0 Å². The first-order valence-electron chi connectivity index (χ1n) is 12.5. The first kappa shape index (κ1) is 24.6. The number of hydrogen-bond acceptors (Lipinski definition) is 5. The number of aryl methyl sites for hydroxylation is 3. The van der Waals surface area contributed by atoms with Crippen molar-refractivity contribution < 1.29 is 4.74 Å². The van der Waals surface area contributed by atoms with Crippen LogP contribution >= 0.6 is 11.6 Å². The van der Waals surface area contributed by atoms with Gasteiger partial charge in [0.25, 0.3) is 5.95 Å². The van der Waals surface area contributed by atoms with E-state index in [2.05, 4.69) is 70.8 Å². The molecule has 0 bridgehead atoms. The molecule has 0 saturated carbocycles. The van der Waals surface area contributed by atoms with Gasteiger partial charge < -0.3 is 10.1 Å². The van der Waals surface area contributed by atoms with Crippen molar-refractivity contribution in [2.24, 2.45) is 0 Å². The van der Waals surface area contributed by atoms with Crippen molar-refractivity contribution in [2.75, 3.05) is 13.2 Å². The van der Waals surface area contributed by atoms with Crippen molar-refractivity contribution >= 4 is 11.6 Å². The van der Waals surface area contributed by atoms with Gasteiger partial charge in [-0.2, -0.15) is 9.78 Å². The number of aromatic nitrogens is 4. The zero-order valence-corrected chi connectivity index (χ0v) is 21.6. The summed E-state index contributed by atoms with van der Waals surface area (Å²) >= 11 is 6.19. The Morgan fingerprint density at radius 3 is 2.64 bits per heavy atom. The second kappa shape index (κ2) is 11.3. The molecule has 2 atom stereocenters. The van der Waals surface area contributed by atoms with Gasteiger partial charge in [-0.05, 0) is 55.5 Å². The molecule has 186 valence electrons. The summed E-state index contributed by atoms with van der Waals surface area (Å²) in [6.45, 7) is 5.47. The fourth-order valence-corrected chi connectivity index (χ4v) is 4.64. The van der Waals surface area contributed by atoms with Crippen LogP contribution in [0, 0.1) is 13.8 Å². The summed E-state index contributed by atoms with van der Waals surface area (Å²) in [4.78, 5) is 9.06. The van der Waals surface area contributed by atoms with Gasteiger partial charge in [-0.1, -0.05) is 59.7 Å². The average molecular weight is 502 g/mol. The molecule has 1 saturated heterocycles.